The van der Waals surface area contributed by atoms with Crippen LogP contribution in [0.25, 0.3) is 0 Å². The summed E-state index contributed by atoms with van der Waals surface area (Å²) in [6, 6.07) is 0. The molecule has 1 rings (SSSR count). The number of carbonyl (C=O) groups is 1. The van der Waals surface area contributed by atoms with Gasteiger partial charge in [0, 0.05) is 0 Å². The molecule has 0 saturated carbocycles. The largest absolute Gasteiger partial charge is 0.481 e. The Kier molecular flexibility index (Phi) is 3.09. The van der Waals surface area contributed by atoms with Gasteiger partial charge in [-0.2, -0.15) is 0 Å². The number of carboxylic acid groups (broad SMARTS) is 1. The standard InChI is InChI=1S/C10H14O2/c1-8(10(11)12)9-6-4-2-3-5-7-9/h2-5,8-9H,6-7H2,1H3,(H,11,12). The second-order valence-corrected chi connectivity index (χ2v) is 3.21. The van der Waals surface area contributed by atoms with E-state index in [1.54, 1.807) is 6.92 Å². The van der Waals surface area contributed by atoms with Crippen LogP contribution in [0.2, 0.25) is 0 Å². The van der Waals surface area contributed by atoms with Gasteiger partial charge >= 0.3 is 5.97 Å². The van der Waals surface area contributed by atoms with Gasteiger partial charge in [0.2, 0.25) is 0 Å². The van der Waals surface area contributed by atoms with Gasteiger partial charge in [-0.1, -0.05) is 31.2 Å². The summed E-state index contributed by atoms with van der Waals surface area (Å²) >= 11 is 0. The maximum atomic E-state index is 10.7. The van der Waals surface area contributed by atoms with E-state index in [4.69, 9.17) is 5.11 Å². The van der Waals surface area contributed by atoms with E-state index in [0.717, 1.165) is 12.8 Å². The molecular weight excluding hydrogens is 152 g/mol. The minimum Gasteiger partial charge on any atom is -0.481 e. The summed E-state index contributed by atoms with van der Waals surface area (Å²) in [4.78, 5) is 10.7. The quantitative estimate of drug-likeness (QED) is 0.683. The number of allylic oxidation sites excluding steroid dienone is 4. The van der Waals surface area contributed by atoms with E-state index in [1.807, 2.05) is 24.3 Å². The molecule has 1 unspecified atom stereocenters. The number of hydrogen-bond acceptors (Lipinski definition) is 1. The third-order valence-electron chi connectivity index (χ3n) is 2.36. The molecule has 0 aliphatic heterocycles. The summed E-state index contributed by atoms with van der Waals surface area (Å²) in [5.41, 5.74) is 0. The molecule has 0 bridgehead atoms. The Labute approximate surface area is 72.6 Å². The zero-order valence-electron chi connectivity index (χ0n) is 7.23. The molecular formula is C10H14O2. The minimum atomic E-state index is -0.691. The van der Waals surface area contributed by atoms with Crippen molar-refractivity contribution >= 4 is 5.97 Å². The number of carboxylic acids is 1. The van der Waals surface area contributed by atoms with Crippen LogP contribution in [-0.2, 0) is 4.79 Å². The van der Waals surface area contributed by atoms with Crippen LogP contribution in [0.5, 0.6) is 0 Å². The lowest BCUT2D eigenvalue weighted by molar-refractivity contribution is -0.142. The fourth-order valence-electron chi connectivity index (χ4n) is 1.37. The van der Waals surface area contributed by atoms with Gasteiger partial charge in [-0.05, 0) is 18.8 Å². The van der Waals surface area contributed by atoms with E-state index < -0.39 is 5.97 Å². The average Bonchev–Trinajstić information content (AvgIpc) is 2.30. The Morgan fingerprint density at radius 2 is 1.92 bits per heavy atom. The lowest BCUT2D eigenvalue weighted by Gasteiger charge is -2.16. The SMILES string of the molecule is CC(C(=O)O)C1CC=CC=CC1. The highest BCUT2D eigenvalue weighted by molar-refractivity contribution is 5.69. The zero-order valence-corrected chi connectivity index (χ0v) is 7.23. The first-order chi connectivity index (χ1) is 5.72. The summed E-state index contributed by atoms with van der Waals surface area (Å²) in [5, 5.41) is 8.78. The third kappa shape index (κ3) is 2.22. The molecule has 0 heterocycles. The van der Waals surface area contributed by atoms with Gasteiger partial charge < -0.3 is 5.11 Å². The number of hydrogen-bond donors (Lipinski definition) is 1. The summed E-state index contributed by atoms with van der Waals surface area (Å²) < 4.78 is 0. The van der Waals surface area contributed by atoms with Crippen molar-refractivity contribution in [2.45, 2.75) is 19.8 Å². The molecule has 66 valence electrons. The predicted octanol–water partition coefficient (Wildman–Crippen LogP) is 2.23. The van der Waals surface area contributed by atoms with Crippen LogP contribution >= 0.6 is 0 Å². The summed E-state index contributed by atoms with van der Waals surface area (Å²) in [7, 11) is 0. The Hall–Kier alpha value is -1.05. The first-order valence-corrected chi connectivity index (χ1v) is 4.26. The lowest BCUT2D eigenvalue weighted by Crippen LogP contribution is -2.19. The predicted molar refractivity (Wildman–Crippen MR) is 47.8 cm³/mol. The van der Waals surface area contributed by atoms with E-state index in [1.165, 1.54) is 0 Å². The van der Waals surface area contributed by atoms with Crippen molar-refractivity contribution in [3.8, 4) is 0 Å². The van der Waals surface area contributed by atoms with Crippen LogP contribution < -0.4 is 0 Å². The minimum absolute atomic E-state index is 0.239. The Bertz CT molecular complexity index is 202. The van der Waals surface area contributed by atoms with E-state index in [0.29, 0.717) is 0 Å². The highest BCUT2D eigenvalue weighted by atomic mass is 16.4. The van der Waals surface area contributed by atoms with Crippen molar-refractivity contribution in [1.82, 2.24) is 0 Å². The molecule has 12 heavy (non-hydrogen) atoms. The monoisotopic (exact) mass is 166 g/mol. The summed E-state index contributed by atoms with van der Waals surface area (Å²) in [6.45, 7) is 1.78. The van der Waals surface area contributed by atoms with Gasteiger partial charge in [0.15, 0.2) is 0 Å². The fraction of sp³-hybridized carbons (Fsp3) is 0.500. The molecule has 0 spiro atoms. The van der Waals surface area contributed by atoms with Gasteiger partial charge in [0.25, 0.3) is 0 Å². The van der Waals surface area contributed by atoms with Crippen molar-refractivity contribution in [3.05, 3.63) is 24.3 Å². The van der Waals surface area contributed by atoms with E-state index in [2.05, 4.69) is 0 Å². The average molecular weight is 166 g/mol. The highest BCUT2D eigenvalue weighted by Crippen LogP contribution is 2.22. The maximum absolute atomic E-state index is 10.7. The normalized spacial score (nSPS) is 20.4. The summed E-state index contributed by atoms with van der Waals surface area (Å²) in [5.74, 6) is -0.668. The second-order valence-electron chi connectivity index (χ2n) is 3.21. The van der Waals surface area contributed by atoms with Gasteiger partial charge in [0.1, 0.15) is 0 Å². The van der Waals surface area contributed by atoms with Crippen molar-refractivity contribution in [2.24, 2.45) is 11.8 Å². The first-order valence-electron chi connectivity index (χ1n) is 4.26. The Morgan fingerprint density at radius 3 is 2.33 bits per heavy atom. The van der Waals surface area contributed by atoms with Crippen LogP contribution in [0, 0.1) is 11.8 Å². The van der Waals surface area contributed by atoms with Crippen molar-refractivity contribution in [1.29, 1.82) is 0 Å². The first kappa shape index (κ1) is 9.04. The van der Waals surface area contributed by atoms with Crippen molar-refractivity contribution in [2.75, 3.05) is 0 Å². The molecule has 0 saturated heterocycles. The smallest absolute Gasteiger partial charge is 0.306 e. The molecule has 1 aliphatic rings. The van der Waals surface area contributed by atoms with Gasteiger partial charge in [-0.25, -0.2) is 0 Å². The van der Waals surface area contributed by atoms with Crippen LogP contribution in [0.3, 0.4) is 0 Å². The fourth-order valence-corrected chi connectivity index (χ4v) is 1.37. The molecule has 1 N–H and O–H groups in total. The van der Waals surface area contributed by atoms with Crippen LogP contribution in [0.4, 0.5) is 0 Å². The Morgan fingerprint density at radius 1 is 1.42 bits per heavy atom. The summed E-state index contributed by atoms with van der Waals surface area (Å²) in [6.07, 6.45) is 9.78. The lowest BCUT2D eigenvalue weighted by atomic mass is 9.89. The molecule has 0 aromatic heterocycles. The second kappa shape index (κ2) is 4.10. The Balaban J connectivity index is 2.56. The van der Waals surface area contributed by atoms with Crippen LogP contribution in [0.1, 0.15) is 19.8 Å². The number of aliphatic carboxylic acids is 1. The van der Waals surface area contributed by atoms with E-state index in [9.17, 15) is 4.79 Å². The molecule has 0 fully saturated rings. The van der Waals surface area contributed by atoms with Crippen molar-refractivity contribution < 1.29 is 9.90 Å². The molecule has 0 radical (unpaired) electrons. The molecule has 0 aromatic carbocycles. The third-order valence-corrected chi connectivity index (χ3v) is 2.36. The topological polar surface area (TPSA) is 37.3 Å². The highest BCUT2D eigenvalue weighted by Gasteiger charge is 2.21. The van der Waals surface area contributed by atoms with Crippen molar-refractivity contribution in [3.63, 3.8) is 0 Å². The molecule has 0 aromatic rings. The van der Waals surface area contributed by atoms with Gasteiger partial charge in [0.05, 0.1) is 5.92 Å². The molecule has 1 aliphatic carbocycles. The molecule has 2 nitrogen and oxygen atoms in total. The van der Waals surface area contributed by atoms with Gasteiger partial charge in [-0.15, -0.1) is 0 Å². The molecule has 0 amide bonds. The maximum Gasteiger partial charge on any atom is 0.306 e. The zero-order chi connectivity index (χ0) is 8.97. The molecule has 2 heteroatoms. The molecule has 1 atom stereocenters. The number of rotatable bonds is 2. The van der Waals surface area contributed by atoms with Crippen LogP contribution in [0.15, 0.2) is 24.3 Å². The van der Waals surface area contributed by atoms with Gasteiger partial charge in [-0.3, -0.25) is 4.79 Å². The van der Waals surface area contributed by atoms with E-state index >= 15 is 0 Å². The van der Waals surface area contributed by atoms with E-state index in [-0.39, 0.29) is 11.8 Å². The van der Waals surface area contributed by atoms with Crippen LogP contribution in [-0.4, -0.2) is 11.1 Å².